The number of nitrogens with one attached hydrogen (secondary N) is 3. The van der Waals surface area contributed by atoms with E-state index < -0.39 is 24.5 Å². The van der Waals surface area contributed by atoms with Crippen molar-refractivity contribution in [3.63, 3.8) is 0 Å². The molecule has 2 heterocycles. The molecular formula is C22H21N5O6. The number of H-pyrrole nitrogens is 1. The van der Waals surface area contributed by atoms with Gasteiger partial charge in [-0.25, -0.2) is 14.6 Å². The van der Waals surface area contributed by atoms with Crippen molar-refractivity contribution >= 4 is 29.4 Å². The van der Waals surface area contributed by atoms with Gasteiger partial charge in [-0.2, -0.15) is 0 Å². The Morgan fingerprint density at radius 2 is 1.94 bits per heavy atom. The number of aromatic nitrogens is 2. The average molecular weight is 451 g/mol. The van der Waals surface area contributed by atoms with E-state index in [-0.39, 0.29) is 11.5 Å². The number of urea groups is 1. The molecule has 1 aromatic heterocycles. The Labute approximate surface area is 187 Å². The summed E-state index contributed by atoms with van der Waals surface area (Å²) in [6.07, 6.45) is 1.08. The summed E-state index contributed by atoms with van der Waals surface area (Å²) >= 11 is 0. The normalized spacial score (nSPS) is 11.9. The summed E-state index contributed by atoms with van der Waals surface area (Å²) in [4.78, 5) is 42.0. The topological polar surface area (TPSA) is 169 Å². The van der Waals surface area contributed by atoms with E-state index in [0.29, 0.717) is 30.3 Å². The molecule has 0 aliphatic carbocycles. The second-order valence-corrected chi connectivity index (χ2v) is 7.27. The summed E-state index contributed by atoms with van der Waals surface area (Å²) in [5.41, 5.74) is 7.81. The summed E-state index contributed by atoms with van der Waals surface area (Å²) in [7, 11) is 0. The molecule has 0 unspecified atom stereocenters. The van der Waals surface area contributed by atoms with Gasteiger partial charge < -0.3 is 30.6 Å². The number of benzene rings is 2. The first kappa shape index (κ1) is 21.7. The number of nitrogens with two attached hydrogens (primary N) is 1. The molecule has 4 rings (SSSR count). The number of anilines is 2. The third-order valence-corrected chi connectivity index (χ3v) is 4.84. The van der Waals surface area contributed by atoms with Crippen molar-refractivity contribution in [2.24, 2.45) is 5.73 Å². The lowest BCUT2D eigenvalue weighted by molar-refractivity contribution is -0.139. The molecule has 3 aromatic rings. The van der Waals surface area contributed by atoms with E-state index in [1.54, 1.807) is 36.4 Å². The third-order valence-electron chi connectivity index (χ3n) is 4.84. The molecule has 0 atom stereocenters. The predicted molar refractivity (Wildman–Crippen MR) is 118 cm³/mol. The number of aromatic amines is 1. The molecule has 6 N–H and O–H groups in total. The number of primary amides is 1. The zero-order chi connectivity index (χ0) is 23.4. The van der Waals surface area contributed by atoms with Crippen LogP contribution < -0.4 is 25.8 Å². The largest absolute Gasteiger partial charge is 0.493 e. The van der Waals surface area contributed by atoms with Crippen LogP contribution in [0.4, 0.5) is 16.3 Å². The maximum atomic E-state index is 12.5. The highest BCUT2D eigenvalue weighted by Crippen LogP contribution is 2.28. The molecular weight excluding hydrogens is 430 g/mol. The van der Waals surface area contributed by atoms with Crippen molar-refractivity contribution in [1.29, 1.82) is 0 Å². The van der Waals surface area contributed by atoms with Crippen LogP contribution in [0.3, 0.4) is 0 Å². The van der Waals surface area contributed by atoms with Gasteiger partial charge in [-0.1, -0.05) is 12.1 Å². The number of ether oxygens (including phenoxy) is 2. The van der Waals surface area contributed by atoms with E-state index in [4.69, 9.17) is 20.3 Å². The summed E-state index contributed by atoms with van der Waals surface area (Å²) < 4.78 is 10.6. The van der Waals surface area contributed by atoms with E-state index >= 15 is 0 Å². The molecule has 0 bridgehead atoms. The van der Waals surface area contributed by atoms with Crippen LogP contribution in [0.5, 0.6) is 11.5 Å². The number of carbonyl (C=O) groups excluding carboxylic acids is 2. The van der Waals surface area contributed by atoms with Gasteiger partial charge in [0.15, 0.2) is 12.4 Å². The quantitative estimate of drug-likeness (QED) is 0.349. The summed E-state index contributed by atoms with van der Waals surface area (Å²) in [5, 5.41) is 13.9. The van der Waals surface area contributed by atoms with Crippen LogP contribution in [-0.4, -0.2) is 46.2 Å². The van der Waals surface area contributed by atoms with Crippen LogP contribution >= 0.6 is 0 Å². The van der Waals surface area contributed by atoms with Crippen molar-refractivity contribution < 1.29 is 29.0 Å². The summed E-state index contributed by atoms with van der Waals surface area (Å²) in [5.74, 6) is -0.195. The zero-order valence-corrected chi connectivity index (χ0v) is 17.4. The Kier molecular flexibility index (Phi) is 6.11. The van der Waals surface area contributed by atoms with Crippen molar-refractivity contribution in [3.05, 3.63) is 65.1 Å². The molecule has 0 saturated carbocycles. The fraction of sp³-hybridized carbons (Fsp3) is 0.182. The SMILES string of the molecule is NC(=O)c1[nH]c(Cc2ccc(OCC(=O)O)cc2)nc1NC(=O)Nc1ccc2c(c1)CCO2. The van der Waals surface area contributed by atoms with Crippen molar-refractivity contribution in [2.45, 2.75) is 12.8 Å². The maximum absolute atomic E-state index is 12.5. The lowest BCUT2D eigenvalue weighted by Gasteiger charge is -2.08. The van der Waals surface area contributed by atoms with Gasteiger partial charge in [-0.05, 0) is 41.5 Å². The van der Waals surface area contributed by atoms with E-state index in [0.717, 1.165) is 23.3 Å². The van der Waals surface area contributed by atoms with Gasteiger partial charge in [0.05, 0.1) is 6.61 Å². The van der Waals surface area contributed by atoms with E-state index in [1.807, 2.05) is 6.07 Å². The van der Waals surface area contributed by atoms with Crippen LogP contribution in [0.1, 0.15) is 27.4 Å². The predicted octanol–water partition coefficient (Wildman–Crippen LogP) is 2.14. The third kappa shape index (κ3) is 5.39. The lowest BCUT2D eigenvalue weighted by atomic mass is 10.1. The molecule has 11 heteroatoms. The fourth-order valence-electron chi connectivity index (χ4n) is 3.35. The van der Waals surface area contributed by atoms with Crippen LogP contribution in [-0.2, 0) is 17.6 Å². The molecule has 11 nitrogen and oxygen atoms in total. The number of imidazole rings is 1. The molecule has 33 heavy (non-hydrogen) atoms. The molecule has 0 spiro atoms. The first-order valence-corrected chi connectivity index (χ1v) is 10.0. The Hall–Kier alpha value is -4.54. The van der Waals surface area contributed by atoms with Gasteiger partial charge in [-0.3, -0.25) is 10.1 Å². The smallest absolute Gasteiger partial charge is 0.341 e. The van der Waals surface area contributed by atoms with Gasteiger partial charge in [0, 0.05) is 18.5 Å². The average Bonchev–Trinajstić information content (AvgIpc) is 3.39. The molecule has 2 aromatic carbocycles. The summed E-state index contributed by atoms with van der Waals surface area (Å²) in [6, 6.07) is 11.5. The fourth-order valence-corrected chi connectivity index (χ4v) is 3.35. The number of hydrogen-bond acceptors (Lipinski definition) is 6. The second-order valence-electron chi connectivity index (χ2n) is 7.27. The minimum absolute atomic E-state index is 0.0147. The van der Waals surface area contributed by atoms with Gasteiger partial charge in [0.2, 0.25) is 0 Å². The number of rotatable bonds is 8. The highest BCUT2D eigenvalue weighted by molar-refractivity contribution is 6.04. The number of fused-ring (bicyclic) bond motifs is 1. The van der Waals surface area contributed by atoms with Crippen LogP contribution in [0.2, 0.25) is 0 Å². The monoisotopic (exact) mass is 451 g/mol. The van der Waals surface area contributed by atoms with E-state index in [9.17, 15) is 14.4 Å². The number of carboxylic acids is 1. The molecule has 1 aliphatic rings. The van der Waals surface area contributed by atoms with Crippen LogP contribution in [0.25, 0.3) is 0 Å². The molecule has 0 saturated heterocycles. The second kappa shape index (κ2) is 9.30. The number of aliphatic carboxylic acids is 1. The Morgan fingerprint density at radius 1 is 1.15 bits per heavy atom. The lowest BCUT2D eigenvalue weighted by Crippen LogP contribution is -2.22. The summed E-state index contributed by atoms with van der Waals surface area (Å²) in [6.45, 7) is 0.177. The molecule has 0 radical (unpaired) electrons. The van der Waals surface area contributed by atoms with Gasteiger partial charge in [0.25, 0.3) is 5.91 Å². The number of hydrogen-bond donors (Lipinski definition) is 5. The number of nitrogens with zero attached hydrogens (tertiary/aromatic N) is 1. The number of amides is 3. The van der Waals surface area contributed by atoms with Crippen LogP contribution in [0.15, 0.2) is 42.5 Å². The van der Waals surface area contributed by atoms with Gasteiger partial charge in [-0.15, -0.1) is 0 Å². The number of carbonyl (C=O) groups is 3. The molecule has 0 fully saturated rings. The molecule has 3 amide bonds. The maximum Gasteiger partial charge on any atom is 0.341 e. The van der Waals surface area contributed by atoms with Crippen LogP contribution in [0, 0.1) is 0 Å². The highest BCUT2D eigenvalue weighted by Gasteiger charge is 2.18. The Balaban J connectivity index is 1.42. The van der Waals surface area contributed by atoms with Crippen molar-refractivity contribution in [2.75, 3.05) is 23.8 Å². The Bertz CT molecular complexity index is 1200. The molecule has 1 aliphatic heterocycles. The van der Waals surface area contributed by atoms with E-state index in [1.165, 1.54) is 0 Å². The zero-order valence-electron chi connectivity index (χ0n) is 17.4. The minimum Gasteiger partial charge on any atom is -0.493 e. The first-order valence-electron chi connectivity index (χ1n) is 10.0. The van der Waals surface area contributed by atoms with Gasteiger partial charge >= 0.3 is 12.0 Å². The Morgan fingerprint density at radius 3 is 2.67 bits per heavy atom. The highest BCUT2D eigenvalue weighted by atomic mass is 16.5. The van der Waals surface area contributed by atoms with Crippen molar-refractivity contribution in [1.82, 2.24) is 9.97 Å². The first-order chi connectivity index (χ1) is 15.9. The molecule has 170 valence electrons. The standard InChI is InChI=1S/C22H21N5O6/c23-20(30)19-21(27-22(31)24-14-3-6-16-13(10-14)7-8-32-16)26-17(25-19)9-12-1-4-15(5-2-12)33-11-18(28)29/h1-6,10H,7-9,11H2,(H2,23,30)(H,25,26)(H,28,29)(H2,24,27,31). The van der Waals surface area contributed by atoms with Gasteiger partial charge in [0.1, 0.15) is 23.0 Å². The number of carboxylic acid groups (broad SMARTS) is 1. The van der Waals surface area contributed by atoms with Crippen molar-refractivity contribution in [3.8, 4) is 11.5 Å². The van der Waals surface area contributed by atoms with E-state index in [2.05, 4.69) is 20.6 Å². The minimum atomic E-state index is -1.07.